The van der Waals surface area contributed by atoms with Gasteiger partial charge in [-0.05, 0) is 60.2 Å². The van der Waals surface area contributed by atoms with Crippen molar-refractivity contribution in [3.05, 3.63) is 83.1 Å². The number of benzene rings is 3. The molecule has 4 aromatic rings. The Balaban J connectivity index is 1.56. The maximum Gasteiger partial charge on any atom is 0.243 e. The van der Waals surface area contributed by atoms with E-state index in [1.807, 2.05) is 12.1 Å². The lowest BCUT2D eigenvalue weighted by atomic mass is 10.2. The van der Waals surface area contributed by atoms with Gasteiger partial charge in [-0.1, -0.05) is 35.9 Å². The van der Waals surface area contributed by atoms with Crippen molar-refractivity contribution in [2.24, 2.45) is 10.2 Å². The number of para-hydroxylation sites is 1. The summed E-state index contributed by atoms with van der Waals surface area (Å²) in [4.78, 5) is 0.0454. The van der Waals surface area contributed by atoms with Crippen LogP contribution >= 0.6 is 23.8 Å². The molecule has 0 saturated carbocycles. The van der Waals surface area contributed by atoms with E-state index in [0.717, 1.165) is 5.56 Å². The first-order valence-electron chi connectivity index (χ1n) is 11.9. The first-order valence-corrected chi connectivity index (χ1v) is 14.1. The number of rotatable bonds is 6. The molecule has 0 unspecified atom stereocenters. The third-order valence-electron chi connectivity index (χ3n) is 6.20. The third kappa shape index (κ3) is 5.80. The van der Waals surface area contributed by atoms with Gasteiger partial charge in [0.15, 0.2) is 5.69 Å². The van der Waals surface area contributed by atoms with Crippen molar-refractivity contribution < 1.29 is 22.7 Å². The number of hydrogen-bond acceptors (Lipinski definition) is 6. The van der Waals surface area contributed by atoms with E-state index in [0.29, 0.717) is 29.1 Å². The van der Waals surface area contributed by atoms with Crippen molar-refractivity contribution in [3.8, 4) is 5.88 Å². The lowest BCUT2D eigenvalue weighted by Gasteiger charge is -2.26. The van der Waals surface area contributed by atoms with Crippen LogP contribution in [0.4, 0.5) is 15.8 Å². The van der Waals surface area contributed by atoms with Crippen molar-refractivity contribution in [2.45, 2.75) is 11.4 Å². The van der Waals surface area contributed by atoms with E-state index in [9.17, 15) is 17.9 Å². The third-order valence-corrected chi connectivity index (χ3v) is 8.53. The molecule has 9 nitrogen and oxygen atoms in total. The Morgan fingerprint density at radius 2 is 1.82 bits per heavy atom. The van der Waals surface area contributed by atoms with E-state index in [2.05, 4.69) is 15.5 Å². The zero-order chi connectivity index (χ0) is 27.6. The molecular weight excluding hydrogens is 565 g/mol. The van der Waals surface area contributed by atoms with Crippen LogP contribution in [0.2, 0.25) is 5.02 Å². The number of fused-ring (bicyclic) bond motifs is 1. The Labute approximate surface area is 234 Å². The molecule has 1 aromatic heterocycles. The summed E-state index contributed by atoms with van der Waals surface area (Å²) in [6, 6.07) is 17.6. The molecular formula is C26H23ClFN5O4S2. The molecule has 0 bridgehead atoms. The second kappa shape index (κ2) is 11.4. The predicted molar refractivity (Wildman–Crippen MR) is 151 cm³/mol. The molecule has 1 aliphatic heterocycles. The highest BCUT2D eigenvalue weighted by Crippen LogP contribution is 2.41. The van der Waals surface area contributed by atoms with E-state index in [-0.39, 0.29) is 46.9 Å². The Hall–Kier alpha value is -3.42. The fourth-order valence-corrected chi connectivity index (χ4v) is 5.94. The van der Waals surface area contributed by atoms with Gasteiger partial charge in [0, 0.05) is 23.5 Å². The average molecular weight is 588 g/mol. The molecule has 5 rings (SSSR count). The zero-order valence-corrected chi connectivity index (χ0v) is 22.8. The summed E-state index contributed by atoms with van der Waals surface area (Å²) in [5.74, 6) is -0.756. The molecule has 13 heteroatoms. The van der Waals surface area contributed by atoms with Crippen molar-refractivity contribution in [2.75, 3.05) is 31.6 Å². The summed E-state index contributed by atoms with van der Waals surface area (Å²) in [5, 5.41) is 22.8. The van der Waals surface area contributed by atoms with E-state index in [4.69, 9.17) is 28.6 Å². The lowest BCUT2D eigenvalue weighted by Crippen LogP contribution is -2.40. The molecule has 0 amide bonds. The normalized spacial score (nSPS) is 14.7. The highest BCUT2D eigenvalue weighted by Gasteiger charge is 2.28. The molecule has 0 radical (unpaired) electrons. The fourth-order valence-electron chi connectivity index (χ4n) is 4.23. The molecule has 1 saturated heterocycles. The predicted octanol–water partition coefficient (Wildman–Crippen LogP) is 5.69. The van der Waals surface area contributed by atoms with Crippen LogP contribution in [0.15, 0.2) is 81.9 Å². The van der Waals surface area contributed by atoms with Gasteiger partial charge in [-0.3, -0.25) is 0 Å². The van der Waals surface area contributed by atoms with Crippen LogP contribution in [0.3, 0.4) is 0 Å². The SMILES string of the molecule is O=S(=O)(c1ccc2c(c1)c(N=NC(=S)Nc1ccccc1F)c(O)n2Cc1ccc(Cl)cc1)N1CCOCC1. The highest BCUT2D eigenvalue weighted by atomic mass is 35.5. The molecule has 0 spiro atoms. The molecule has 0 aliphatic carbocycles. The number of sulfonamides is 1. The topological polar surface area (TPSA) is 109 Å². The number of nitrogens with one attached hydrogen (secondary N) is 1. The van der Waals surface area contributed by atoms with Crippen LogP contribution in [-0.2, 0) is 21.3 Å². The van der Waals surface area contributed by atoms with E-state index >= 15 is 0 Å². The van der Waals surface area contributed by atoms with Gasteiger partial charge in [0.25, 0.3) is 0 Å². The van der Waals surface area contributed by atoms with E-state index in [1.165, 1.54) is 28.6 Å². The van der Waals surface area contributed by atoms with Crippen LogP contribution in [0.25, 0.3) is 10.9 Å². The quantitative estimate of drug-likeness (QED) is 0.222. The van der Waals surface area contributed by atoms with Gasteiger partial charge >= 0.3 is 0 Å². The van der Waals surface area contributed by atoms with Crippen LogP contribution in [0, 0.1) is 5.82 Å². The van der Waals surface area contributed by atoms with E-state index < -0.39 is 15.8 Å². The number of aromatic nitrogens is 1. The zero-order valence-electron chi connectivity index (χ0n) is 20.4. The average Bonchev–Trinajstić information content (AvgIpc) is 3.20. The Kier molecular flexibility index (Phi) is 7.91. The number of hydrogen-bond donors (Lipinski definition) is 2. The van der Waals surface area contributed by atoms with Crippen molar-refractivity contribution in [3.63, 3.8) is 0 Å². The number of anilines is 1. The molecule has 202 valence electrons. The molecule has 1 fully saturated rings. The minimum absolute atomic E-state index is 0.0238. The summed E-state index contributed by atoms with van der Waals surface area (Å²) in [6.45, 7) is 1.36. The van der Waals surface area contributed by atoms with Gasteiger partial charge in [-0.2, -0.15) is 4.31 Å². The first-order chi connectivity index (χ1) is 18.7. The second-order valence-electron chi connectivity index (χ2n) is 8.69. The lowest BCUT2D eigenvalue weighted by molar-refractivity contribution is 0.0730. The number of thiocarbonyl (C=S) groups is 1. The number of morpholine rings is 1. The summed E-state index contributed by atoms with van der Waals surface area (Å²) in [7, 11) is -3.82. The van der Waals surface area contributed by atoms with Crippen LogP contribution in [-0.4, -0.2) is 53.8 Å². The standard InChI is InChI=1S/C26H23ClFN5O4S2/c27-18-7-5-17(6-8-18)16-33-23-10-9-19(39(35,36)32-11-13-37-14-12-32)15-20(23)24(25(33)34)30-31-26(38)29-22-4-2-1-3-21(22)28/h1-10,15,34H,11-14,16H2,(H,29,38). The minimum Gasteiger partial charge on any atom is -0.493 e. The number of aromatic hydroxyl groups is 1. The van der Waals surface area contributed by atoms with Crippen molar-refractivity contribution in [1.82, 2.24) is 8.87 Å². The highest BCUT2D eigenvalue weighted by molar-refractivity contribution is 7.89. The molecule has 0 atom stereocenters. The van der Waals surface area contributed by atoms with Gasteiger partial charge in [-0.25, -0.2) is 12.8 Å². The van der Waals surface area contributed by atoms with Gasteiger partial charge in [-0.15, -0.1) is 10.2 Å². The van der Waals surface area contributed by atoms with Crippen molar-refractivity contribution in [1.29, 1.82) is 0 Å². The summed E-state index contributed by atoms with van der Waals surface area (Å²) in [6.07, 6.45) is 0. The maximum atomic E-state index is 14.0. The molecule has 2 N–H and O–H groups in total. The first kappa shape index (κ1) is 27.2. The monoisotopic (exact) mass is 587 g/mol. The van der Waals surface area contributed by atoms with Gasteiger partial charge < -0.3 is 19.7 Å². The summed E-state index contributed by atoms with van der Waals surface area (Å²) >= 11 is 11.2. The van der Waals surface area contributed by atoms with Crippen molar-refractivity contribution >= 4 is 61.2 Å². The smallest absolute Gasteiger partial charge is 0.243 e. The van der Waals surface area contributed by atoms with E-state index in [1.54, 1.807) is 34.9 Å². The Morgan fingerprint density at radius 3 is 2.54 bits per heavy atom. The largest absolute Gasteiger partial charge is 0.493 e. The number of azo groups is 1. The number of halogens is 2. The minimum atomic E-state index is -3.82. The van der Waals surface area contributed by atoms with Gasteiger partial charge in [0.1, 0.15) is 5.82 Å². The van der Waals surface area contributed by atoms with Crippen LogP contribution < -0.4 is 5.32 Å². The van der Waals surface area contributed by atoms with Crippen LogP contribution in [0.1, 0.15) is 5.56 Å². The molecule has 39 heavy (non-hydrogen) atoms. The number of ether oxygens (including phenoxy) is 1. The second-order valence-corrected chi connectivity index (χ2v) is 11.5. The molecule has 2 heterocycles. The fraction of sp³-hybridized carbons (Fsp3) is 0.192. The molecule has 1 aliphatic rings. The Bertz CT molecular complexity index is 1670. The van der Waals surface area contributed by atoms with Gasteiger partial charge in [0.2, 0.25) is 21.0 Å². The Morgan fingerprint density at radius 1 is 1.10 bits per heavy atom. The summed E-state index contributed by atoms with van der Waals surface area (Å²) in [5.41, 5.74) is 1.52. The maximum absolute atomic E-state index is 14.0. The molecule has 3 aromatic carbocycles. The number of nitrogens with zero attached hydrogens (tertiary/aromatic N) is 4. The summed E-state index contributed by atoms with van der Waals surface area (Å²) < 4.78 is 48.9. The van der Waals surface area contributed by atoms with Gasteiger partial charge in [0.05, 0.1) is 35.9 Å². The van der Waals surface area contributed by atoms with Crippen LogP contribution in [0.5, 0.6) is 5.88 Å².